The van der Waals surface area contributed by atoms with E-state index in [9.17, 15) is 27.6 Å². The summed E-state index contributed by atoms with van der Waals surface area (Å²) in [7, 11) is 1.57. The van der Waals surface area contributed by atoms with Crippen LogP contribution in [0.2, 0.25) is 0 Å². The van der Waals surface area contributed by atoms with Gasteiger partial charge in [-0.2, -0.15) is 0 Å². The maximum absolute atomic E-state index is 13.2. The van der Waals surface area contributed by atoms with E-state index in [4.69, 9.17) is 0 Å². The zero-order valence-corrected chi connectivity index (χ0v) is 16.2. The molecule has 1 unspecified atom stereocenters. The monoisotopic (exact) mass is 434 g/mol. The number of aromatic amines is 1. The van der Waals surface area contributed by atoms with E-state index in [0.717, 1.165) is 12.1 Å². The Kier molecular flexibility index (Phi) is 4.96. The Morgan fingerprint density at radius 2 is 1.84 bits per heavy atom. The SMILES string of the molecule is Cn1c(=O)[nH]c2ccc(C(=O)N3CCNC(=O)C3c3ccc(OC(F)(F)F)cc3)cc21. The van der Waals surface area contributed by atoms with Crippen LogP contribution in [0, 0.1) is 0 Å². The van der Waals surface area contributed by atoms with Gasteiger partial charge in [0, 0.05) is 25.7 Å². The predicted octanol–water partition coefficient (Wildman–Crippen LogP) is 2.08. The highest BCUT2D eigenvalue weighted by Crippen LogP contribution is 2.29. The number of H-pyrrole nitrogens is 1. The molecule has 1 atom stereocenters. The molecule has 0 radical (unpaired) electrons. The molecular weight excluding hydrogens is 417 g/mol. The Bertz CT molecular complexity index is 1210. The molecule has 162 valence electrons. The molecule has 2 aromatic carbocycles. The minimum Gasteiger partial charge on any atom is -0.406 e. The first kappa shape index (κ1) is 20.5. The summed E-state index contributed by atoms with van der Waals surface area (Å²) < 4.78 is 42.4. The lowest BCUT2D eigenvalue weighted by atomic mass is 10.0. The number of imidazole rings is 1. The molecule has 11 heteroatoms. The lowest BCUT2D eigenvalue weighted by Gasteiger charge is -2.35. The summed E-state index contributed by atoms with van der Waals surface area (Å²) in [6, 6.07) is 8.50. The van der Waals surface area contributed by atoms with Gasteiger partial charge in [-0.05, 0) is 35.9 Å². The summed E-state index contributed by atoms with van der Waals surface area (Å²) in [6.45, 7) is 0.446. The second kappa shape index (κ2) is 7.49. The van der Waals surface area contributed by atoms with Gasteiger partial charge in [0.1, 0.15) is 11.8 Å². The number of ether oxygens (including phenoxy) is 1. The number of alkyl halides is 3. The first-order valence-corrected chi connectivity index (χ1v) is 9.27. The molecule has 0 spiro atoms. The van der Waals surface area contributed by atoms with E-state index in [1.807, 2.05) is 0 Å². The van der Waals surface area contributed by atoms with E-state index in [2.05, 4.69) is 15.0 Å². The average Bonchev–Trinajstić information content (AvgIpc) is 3.00. The molecule has 8 nitrogen and oxygen atoms in total. The summed E-state index contributed by atoms with van der Waals surface area (Å²) in [4.78, 5) is 41.6. The number of hydrogen-bond donors (Lipinski definition) is 2. The number of fused-ring (bicyclic) bond motifs is 1. The van der Waals surface area contributed by atoms with Crippen molar-refractivity contribution < 1.29 is 27.5 Å². The van der Waals surface area contributed by atoms with E-state index >= 15 is 0 Å². The van der Waals surface area contributed by atoms with Crippen LogP contribution in [-0.4, -0.2) is 45.7 Å². The second-order valence-corrected chi connectivity index (χ2v) is 7.03. The van der Waals surface area contributed by atoms with Crippen LogP contribution in [0.4, 0.5) is 13.2 Å². The van der Waals surface area contributed by atoms with Gasteiger partial charge in [0.05, 0.1) is 11.0 Å². The van der Waals surface area contributed by atoms with E-state index in [-0.39, 0.29) is 24.3 Å². The highest BCUT2D eigenvalue weighted by atomic mass is 19.4. The highest BCUT2D eigenvalue weighted by molar-refractivity contribution is 6.00. The number of aryl methyl sites for hydroxylation is 1. The number of nitrogens with one attached hydrogen (secondary N) is 2. The number of rotatable bonds is 3. The van der Waals surface area contributed by atoms with Crippen LogP contribution in [0.3, 0.4) is 0 Å². The molecule has 3 aromatic rings. The first-order valence-electron chi connectivity index (χ1n) is 9.27. The fourth-order valence-electron chi connectivity index (χ4n) is 3.59. The minimum atomic E-state index is -4.83. The molecule has 1 saturated heterocycles. The highest BCUT2D eigenvalue weighted by Gasteiger charge is 2.35. The summed E-state index contributed by atoms with van der Waals surface area (Å²) in [5.41, 5.74) is 1.39. The van der Waals surface area contributed by atoms with Crippen LogP contribution in [0.1, 0.15) is 22.0 Å². The van der Waals surface area contributed by atoms with E-state index in [0.29, 0.717) is 16.6 Å². The van der Waals surface area contributed by atoms with Crippen molar-refractivity contribution in [2.45, 2.75) is 12.4 Å². The van der Waals surface area contributed by atoms with Crippen molar-refractivity contribution in [1.82, 2.24) is 19.8 Å². The molecule has 2 amide bonds. The number of halogens is 3. The van der Waals surface area contributed by atoms with E-state index < -0.39 is 30.0 Å². The van der Waals surface area contributed by atoms with Gasteiger partial charge in [-0.25, -0.2) is 4.79 Å². The van der Waals surface area contributed by atoms with Gasteiger partial charge in [0.25, 0.3) is 5.91 Å². The lowest BCUT2D eigenvalue weighted by Crippen LogP contribution is -2.52. The van der Waals surface area contributed by atoms with Crippen LogP contribution in [0.25, 0.3) is 11.0 Å². The van der Waals surface area contributed by atoms with E-state index in [1.54, 1.807) is 25.2 Å². The number of amides is 2. The third-order valence-electron chi connectivity index (χ3n) is 5.05. The molecular formula is C20H17F3N4O4. The Balaban J connectivity index is 1.66. The lowest BCUT2D eigenvalue weighted by molar-refractivity contribution is -0.274. The zero-order chi connectivity index (χ0) is 22.3. The largest absolute Gasteiger partial charge is 0.573 e. The molecule has 1 aliphatic rings. The number of aromatic nitrogens is 2. The van der Waals surface area contributed by atoms with Gasteiger partial charge in [-0.1, -0.05) is 12.1 Å². The smallest absolute Gasteiger partial charge is 0.406 e. The van der Waals surface area contributed by atoms with Gasteiger partial charge < -0.3 is 19.9 Å². The number of benzene rings is 2. The molecule has 2 heterocycles. The number of carbonyl (C=O) groups excluding carboxylic acids is 2. The molecule has 31 heavy (non-hydrogen) atoms. The number of piperazine rings is 1. The summed E-state index contributed by atoms with van der Waals surface area (Å²) in [6.07, 6.45) is -4.83. The zero-order valence-electron chi connectivity index (χ0n) is 16.2. The molecule has 1 fully saturated rings. The van der Waals surface area contributed by atoms with Gasteiger partial charge in [-0.3, -0.25) is 14.2 Å². The molecule has 0 bridgehead atoms. The van der Waals surface area contributed by atoms with Gasteiger partial charge in [0.2, 0.25) is 5.91 Å². The Labute approximate surface area is 173 Å². The predicted molar refractivity (Wildman–Crippen MR) is 103 cm³/mol. The van der Waals surface area contributed by atoms with Crippen molar-refractivity contribution in [3.05, 3.63) is 64.1 Å². The molecule has 1 aromatic heterocycles. The fourth-order valence-corrected chi connectivity index (χ4v) is 3.59. The van der Waals surface area contributed by atoms with Crippen molar-refractivity contribution >= 4 is 22.8 Å². The van der Waals surface area contributed by atoms with Gasteiger partial charge in [0.15, 0.2) is 0 Å². The second-order valence-electron chi connectivity index (χ2n) is 7.03. The molecule has 1 aliphatic heterocycles. The minimum absolute atomic E-state index is 0.208. The molecule has 4 rings (SSSR count). The molecule has 2 N–H and O–H groups in total. The van der Waals surface area contributed by atoms with Crippen LogP contribution in [0.5, 0.6) is 5.75 Å². The van der Waals surface area contributed by atoms with Crippen molar-refractivity contribution in [3.63, 3.8) is 0 Å². The quantitative estimate of drug-likeness (QED) is 0.660. The molecule has 0 aliphatic carbocycles. The summed E-state index contributed by atoms with van der Waals surface area (Å²) in [5, 5.41) is 2.67. The first-order chi connectivity index (χ1) is 14.6. The normalized spacial score (nSPS) is 17.0. The summed E-state index contributed by atoms with van der Waals surface area (Å²) >= 11 is 0. The summed E-state index contributed by atoms with van der Waals surface area (Å²) in [5.74, 6) is -1.31. The maximum Gasteiger partial charge on any atom is 0.573 e. The third-order valence-corrected chi connectivity index (χ3v) is 5.05. The maximum atomic E-state index is 13.2. The topological polar surface area (TPSA) is 96.4 Å². The van der Waals surface area contributed by atoms with Crippen LogP contribution in [0.15, 0.2) is 47.3 Å². The van der Waals surface area contributed by atoms with Gasteiger partial charge >= 0.3 is 12.1 Å². The van der Waals surface area contributed by atoms with Crippen LogP contribution >= 0.6 is 0 Å². The van der Waals surface area contributed by atoms with Crippen molar-refractivity contribution in [2.75, 3.05) is 13.1 Å². The van der Waals surface area contributed by atoms with Gasteiger partial charge in [-0.15, -0.1) is 13.2 Å². The number of nitrogens with zero attached hydrogens (tertiary/aromatic N) is 2. The molecule has 0 saturated carbocycles. The Hall–Kier alpha value is -3.76. The number of carbonyl (C=O) groups is 2. The van der Waals surface area contributed by atoms with E-state index in [1.165, 1.54) is 21.6 Å². The average molecular weight is 434 g/mol. The van der Waals surface area contributed by atoms with Crippen molar-refractivity contribution in [3.8, 4) is 5.75 Å². The third kappa shape index (κ3) is 3.98. The van der Waals surface area contributed by atoms with Crippen LogP contribution < -0.4 is 15.7 Å². The van der Waals surface area contributed by atoms with Crippen molar-refractivity contribution in [1.29, 1.82) is 0 Å². The Morgan fingerprint density at radius 3 is 2.52 bits per heavy atom. The van der Waals surface area contributed by atoms with Crippen molar-refractivity contribution in [2.24, 2.45) is 7.05 Å². The fraction of sp³-hybridized carbons (Fsp3) is 0.250. The Morgan fingerprint density at radius 1 is 1.13 bits per heavy atom. The standard InChI is InChI=1S/C20H17F3N4O4/c1-26-15-10-12(4-7-14(15)25-19(26)30)18(29)27-9-8-24-17(28)16(27)11-2-5-13(6-3-11)31-20(21,22)23/h2-7,10,16H,8-9H2,1H3,(H,24,28)(H,25,30). The van der Waals surface area contributed by atoms with Crippen LogP contribution in [-0.2, 0) is 11.8 Å². The number of hydrogen-bond acceptors (Lipinski definition) is 4.